The Morgan fingerprint density at radius 2 is 1.38 bits per heavy atom. The van der Waals surface area contributed by atoms with Gasteiger partial charge < -0.3 is 19.7 Å². The number of carbonyl (C=O) groups is 1. The van der Waals surface area contributed by atoms with E-state index in [2.05, 4.69) is 91.7 Å². The minimum atomic E-state index is -1.11. The lowest BCUT2D eigenvalue weighted by Crippen LogP contribution is -2.33. The van der Waals surface area contributed by atoms with Gasteiger partial charge in [-0.3, -0.25) is 0 Å². The van der Waals surface area contributed by atoms with Crippen molar-refractivity contribution in [2.75, 3.05) is 23.3 Å². The number of rotatable bonds is 6. The maximum Gasteiger partial charge on any atom is 0.340 e. The zero-order valence-electron chi connectivity index (χ0n) is 24.0. The first kappa shape index (κ1) is 25.9. The number of nitrogens with one attached hydrogen (secondary N) is 1. The van der Waals surface area contributed by atoms with Gasteiger partial charge in [0.2, 0.25) is 0 Å². The highest BCUT2D eigenvalue weighted by Crippen LogP contribution is 2.57. The molecule has 0 bridgehead atoms. The molecule has 5 heteroatoms. The Hall–Kier alpha value is -5.03. The number of anilines is 3. The van der Waals surface area contributed by atoms with Gasteiger partial charge in [0, 0.05) is 52.9 Å². The topological polar surface area (TPSA) is 50.8 Å². The molecule has 2 aliphatic heterocycles. The van der Waals surface area contributed by atoms with Gasteiger partial charge in [0.05, 0.1) is 5.56 Å². The van der Waals surface area contributed by atoms with Gasteiger partial charge in [0.15, 0.2) is 5.60 Å². The van der Waals surface area contributed by atoms with Crippen LogP contribution in [0.4, 0.5) is 17.1 Å². The summed E-state index contributed by atoms with van der Waals surface area (Å²) in [5.41, 5.74) is 8.42. The van der Waals surface area contributed by atoms with Crippen LogP contribution in [0.3, 0.4) is 0 Å². The Morgan fingerprint density at radius 3 is 2.12 bits per heavy atom. The number of esters is 1. The molecule has 0 aliphatic carbocycles. The molecule has 7 rings (SSSR count). The first-order valence-corrected chi connectivity index (χ1v) is 14.5. The van der Waals surface area contributed by atoms with E-state index in [1.54, 1.807) is 0 Å². The molecule has 1 unspecified atom stereocenters. The van der Waals surface area contributed by atoms with E-state index in [-0.39, 0.29) is 5.97 Å². The highest BCUT2D eigenvalue weighted by molar-refractivity contribution is 5.97. The molecule has 1 spiro atoms. The largest absolute Gasteiger partial charge is 0.456 e. The molecular weight excluding hydrogens is 520 g/mol. The minimum Gasteiger partial charge on any atom is -0.456 e. The Morgan fingerprint density at radius 1 is 0.690 bits per heavy atom. The normalized spacial score (nSPS) is 16.2. The third kappa shape index (κ3) is 4.12. The van der Waals surface area contributed by atoms with Crippen LogP contribution >= 0.6 is 0 Å². The monoisotopic (exact) mass is 552 g/mol. The van der Waals surface area contributed by atoms with Gasteiger partial charge in [0.1, 0.15) is 11.5 Å². The fourth-order valence-corrected chi connectivity index (χ4v) is 6.18. The molecule has 5 aromatic carbocycles. The lowest BCUT2D eigenvalue weighted by Gasteiger charge is -2.37. The first-order chi connectivity index (χ1) is 20.5. The molecule has 1 N–H and O–H groups in total. The van der Waals surface area contributed by atoms with Crippen molar-refractivity contribution in [2.45, 2.75) is 26.4 Å². The molecule has 0 fully saturated rings. The zero-order chi connectivity index (χ0) is 28.8. The van der Waals surface area contributed by atoms with E-state index in [0.717, 1.165) is 52.4 Å². The zero-order valence-corrected chi connectivity index (χ0v) is 24.0. The molecule has 0 amide bonds. The van der Waals surface area contributed by atoms with Crippen LogP contribution in [0.2, 0.25) is 0 Å². The van der Waals surface area contributed by atoms with Crippen molar-refractivity contribution in [1.82, 2.24) is 0 Å². The second-order valence-electron chi connectivity index (χ2n) is 10.9. The molecular formula is C37H32N2O3. The summed E-state index contributed by atoms with van der Waals surface area (Å²) in [6.45, 7) is 8.14. The van der Waals surface area contributed by atoms with Crippen LogP contribution in [0, 0.1) is 6.92 Å². The molecule has 0 saturated carbocycles. The number of fused-ring (bicyclic) bond motifs is 6. The standard InChI is InChI=1S/C37H32N2O3/c1-4-39(5-2)29-19-20-32-35(23-29)41-34-21-18-28(22-33(34)37(32)31-9-7-6-8-30(31)36(40)42-37)38-27-16-14-26(15-17-27)25-12-10-24(3)11-13-25/h6-23,38H,4-5H2,1-3H3. The van der Waals surface area contributed by atoms with Gasteiger partial charge >= 0.3 is 5.97 Å². The fourth-order valence-electron chi connectivity index (χ4n) is 6.18. The summed E-state index contributed by atoms with van der Waals surface area (Å²) < 4.78 is 12.9. The number of carbonyl (C=O) groups excluding carboxylic acids is 1. The van der Waals surface area contributed by atoms with E-state index in [1.165, 1.54) is 11.1 Å². The van der Waals surface area contributed by atoms with Crippen molar-refractivity contribution >= 4 is 23.0 Å². The highest BCUT2D eigenvalue weighted by Gasteiger charge is 2.53. The number of aryl methyl sites for hydroxylation is 1. The first-order valence-electron chi connectivity index (χ1n) is 14.5. The number of hydrogen-bond acceptors (Lipinski definition) is 5. The lowest BCUT2D eigenvalue weighted by atomic mass is 9.77. The number of hydrogen-bond donors (Lipinski definition) is 1. The summed E-state index contributed by atoms with van der Waals surface area (Å²) in [6, 6.07) is 36.8. The van der Waals surface area contributed by atoms with Crippen LogP contribution < -0.4 is 15.0 Å². The Bertz CT molecular complexity index is 1810. The minimum absolute atomic E-state index is 0.331. The molecule has 1 atom stereocenters. The predicted molar refractivity (Wildman–Crippen MR) is 168 cm³/mol. The highest BCUT2D eigenvalue weighted by atomic mass is 16.6. The van der Waals surface area contributed by atoms with Crippen LogP contribution in [-0.4, -0.2) is 19.1 Å². The van der Waals surface area contributed by atoms with E-state index in [4.69, 9.17) is 9.47 Å². The third-order valence-electron chi connectivity index (χ3n) is 8.38. The van der Waals surface area contributed by atoms with Crippen LogP contribution in [0.25, 0.3) is 11.1 Å². The molecule has 0 radical (unpaired) electrons. The van der Waals surface area contributed by atoms with E-state index in [9.17, 15) is 4.79 Å². The molecule has 208 valence electrons. The average molecular weight is 553 g/mol. The van der Waals surface area contributed by atoms with Crippen LogP contribution in [0.5, 0.6) is 11.5 Å². The number of benzene rings is 5. The summed E-state index contributed by atoms with van der Waals surface area (Å²) in [6.07, 6.45) is 0. The maximum atomic E-state index is 13.3. The lowest BCUT2D eigenvalue weighted by molar-refractivity contribution is 0.0224. The van der Waals surface area contributed by atoms with E-state index in [0.29, 0.717) is 17.1 Å². The molecule has 42 heavy (non-hydrogen) atoms. The molecule has 2 aliphatic rings. The van der Waals surface area contributed by atoms with Crippen molar-refractivity contribution in [3.05, 3.63) is 137 Å². The summed E-state index contributed by atoms with van der Waals surface area (Å²) in [5.74, 6) is 1.04. The van der Waals surface area contributed by atoms with Crippen molar-refractivity contribution in [2.24, 2.45) is 0 Å². The smallest absolute Gasteiger partial charge is 0.340 e. The number of ether oxygens (including phenoxy) is 2. The average Bonchev–Trinajstić information content (AvgIpc) is 3.31. The van der Waals surface area contributed by atoms with Gasteiger partial charge in [-0.15, -0.1) is 0 Å². The maximum absolute atomic E-state index is 13.3. The van der Waals surface area contributed by atoms with E-state index >= 15 is 0 Å². The van der Waals surface area contributed by atoms with Crippen molar-refractivity contribution in [3.8, 4) is 22.6 Å². The van der Waals surface area contributed by atoms with Gasteiger partial charge in [-0.1, -0.05) is 60.2 Å². The fraction of sp³-hybridized carbons (Fsp3) is 0.162. The number of nitrogens with zero attached hydrogens (tertiary/aromatic N) is 1. The van der Waals surface area contributed by atoms with Crippen LogP contribution in [0.1, 0.15) is 46.5 Å². The van der Waals surface area contributed by atoms with Crippen LogP contribution in [0.15, 0.2) is 109 Å². The van der Waals surface area contributed by atoms with Gasteiger partial charge in [-0.2, -0.15) is 0 Å². The predicted octanol–water partition coefficient (Wildman–Crippen LogP) is 8.82. The summed E-state index contributed by atoms with van der Waals surface area (Å²) >= 11 is 0. The molecule has 2 heterocycles. The van der Waals surface area contributed by atoms with Crippen molar-refractivity contribution < 1.29 is 14.3 Å². The Labute approximate surface area is 246 Å². The molecule has 5 aromatic rings. The van der Waals surface area contributed by atoms with Crippen molar-refractivity contribution in [1.29, 1.82) is 0 Å². The van der Waals surface area contributed by atoms with E-state index in [1.807, 2.05) is 48.5 Å². The Balaban J connectivity index is 1.30. The van der Waals surface area contributed by atoms with Gasteiger partial charge in [-0.05, 0) is 80.4 Å². The summed E-state index contributed by atoms with van der Waals surface area (Å²) in [7, 11) is 0. The van der Waals surface area contributed by atoms with Gasteiger partial charge in [-0.25, -0.2) is 4.79 Å². The molecule has 5 nitrogen and oxygen atoms in total. The molecule has 0 saturated heterocycles. The second kappa shape index (κ2) is 10.1. The van der Waals surface area contributed by atoms with Crippen molar-refractivity contribution in [3.63, 3.8) is 0 Å². The quantitative estimate of drug-likeness (QED) is 0.213. The van der Waals surface area contributed by atoms with Gasteiger partial charge in [0.25, 0.3) is 0 Å². The third-order valence-corrected chi connectivity index (χ3v) is 8.38. The van der Waals surface area contributed by atoms with E-state index < -0.39 is 5.60 Å². The summed E-state index contributed by atoms with van der Waals surface area (Å²) in [4.78, 5) is 15.6. The Kier molecular flexibility index (Phi) is 6.23. The SMILES string of the molecule is CCN(CC)c1ccc2c(c1)Oc1ccc(Nc3ccc(-c4ccc(C)cc4)cc3)cc1C21OC(=O)c2ccccc21. The van der Waals surface area contributed by atoms with Crippen LogP contribution in [-0.2, 0) is 10.3 Å². The summed E-state index contributed by atoms with van der Waals surface area (Å²) in [5, 5.41) is 3.54. The second-order valence-corrected chi connectivity index (χ2v) is 10.9. The molecule has 0 aromatic heterocycles.